The molecule has 0 aromatic heterocycles. The Morgan fingerprint density at radius 1 is 0.946 bits per heavy atom. The number of ether oxygens (including phenoxy) is 2. The number of alkyl halides is 3. The van der Waals surface area contributed by atoms with E-state index in [1.54, 1.807) is 0 Å². The van der Waals surface area contributed by atoms with Crippen LogP contribution in [0.5, 0.6) is 11.5 Å². The largest absolute Gasteiger partial charge is 0.493 e. The minimum Gasteiger partial charge on any atom is -0.493 e. The van der Waals surface area contributed by atoms with Gasteiger partial charge in [0.05, 0.1) is 43.8 Å². The molecular formula is C24H21F5N2O5S. The van der Waals surface area contributed by atoms with E-state index in [0.29, 0.717) is 12.1 Å². The molecule has 0 aliphatic carbocycles. The van der Waals surface area contributed by atoms with E-state index in [1.165, 1.54) is 38.5 Å². The predicted octanol–water partition coefficient (Wildman–Crippen LogP) is 5.22. The van der Waals surface area contributed by atoms with Crippen LogP contribution in [0.3, 0.4) is 0 Å². The topological polar surface area (TPSA) is 84.9 Å². The van der Waals surface area contributed by atoms with E-state index < -0.39 is 51.5 Å². The van der Waals surface area contributed by atoms with Gasteiger partial charge in [0.1, 0.15) is 11.6 Å². The average molecular weight is 544 g/mol. The van der Waals surface area contributed by atoms with Crippen molar-refractivity contribution in [2.75, 3.05) is 30.1 Å². The third-order valence-corrected chi connectivity index (χ3v) is 6.34. The van der Waals surface area contributed by atoms with E-state index in [9.17, 15) is 35.2 Å². The third-order valence-electron chi connectivity index (χ3n) is 5.22. The molecule has 7 nitrogen and oxygen atoms in total. The molecule has 0 saturated heterocycles. The first-order valence-electron chi connectivity index (χ1n) is 10.4. The number of nitrogens with zero attached hydrogens (tertiary/aromatic N) is 1. The summed E-state index contributed by atoms with van der Waals surface area (Å²) >= 11 is 0. The molecule has 3 rings (SSSR count). The van der Waals surface area contributed by atoms with Crippen LogP contribution in [0.1, 0.15) is 21.5 Å². The maximum atomic E-state index is 14.4. The lowest BCUT2D eigenvalue weighted by Gasteiger charge is -2.26. The number of benzene rings is 3. The van der Waals surface area contributed by atoms with Crippen LogP contribution in [0.25, 0.3) is 0 Å². The SMILES string of the molecule is COc1cc(C(=O)Nc2ccc(F)c(C(F)(F)F)c2)c(N(Cc2ccccc2F)S(C)(=O)=O)cc1OC. The highest BCUT2D eigenvalue weighted by atomic mass is 32.2. The van der Waals surface area contributed by atoms with Crippen molar-refractivity contribution >= 4 is 27.3 Å². The van der Waals surface area contributed by atoms with Crippen LogP contribution in [0, 0.1) is 11.6 Å². The van der Waals surface area contributed by atoms with Gasteiger partial charge in [-0.15, -0.1) is 0 Å². The van der Waals surface area contributed by atoms with Crippen molar-refractivity contribution in [3.8, 4) is 11.5 Å². The molecule has 3 aromatic carbocycles. The molecule has 0 radical (unpaired) electrons. The lowest BCUT2D eigenvalue weighted by Crippen LogP contribution is -2.32. The van der Waals surface area contributed by atoms with Crippen LogP contribution in [0.15, 0.2) is 54.6 Å². The number of hydrogen-bond donors (Lipinski definition) is 1. The van der Waals surface area contributed by atoms with Crippen molar-refractivity contribution in [3.63, 3.8) is 0 Å². The Labute approximate surface area is 209 Å². The molecule has 37 heavy (non-hydrogen) atoms. The lowest BCUT2D eigenvalue weighted by atomic mass is 10.1. The number of nitrogens with one attached hydrogen (secondary N) is 1. The summed E-state index contributed by atoms with van der Waals surface area (Å²) in [6.45, 7) is -0.518. The monoisotopic (exact) mass is 544 g/mol. The first-order chi connectivity index (χ1) is 17.3. The second-order valence-corrected chi connectivity index (χ2v) is 9.64. The minimum absolute atomic E-state index is 0.00540. The van der Waals surface area contributed by atoms with Gasteiger partial charge in [-0.1, -0.05) is 18.2 Å². The van der Waals surface area contributed by atoms with Gasteiger partial charge in [0.15, 0.2) is 11.5 Å². The van der Waals surface area contributed by atoms with Gasteiger partial charge < -0.3 is 14.8 Å². The van der Waals surface area contributed by atoms with Crippen LogP contribution in [0.2, 0.25) is 0 Å². The van der Waals surface area contributed by atoms with Crippen molar-refractivity contribution in [1.82, 2.24) is 0 Å². The van der Waals surface area contributed by atoms with Gasteiger partial charge in [-0.3, -0.25) is 9.10 Å². The normalized spacial score (nSPS) is 11.7. The zero-order valence-corrected chi connectivity index (χ0v) is 20.5. The fraction of sp³-hybridized carbons (Fsp3) is 0.208. The Balaban J connectivity index is 2.15. The van der Waals surface area contributed by atoms with E-state index in [2.05, 4.69) is 5.32 Å². The molecule has 0 spiro atoms. The van der Waals surface area contributed by atoms with Crippen LogP contribution >= 0.6 is 0 Å². The molecule has 0 bridgehead atoms. The van der Waals surface area contributed by atoms with Gasteiger partial charge in [0.25, 0.3) is 5.91 Å². The number of carbonyl (C=O) groups excluding carboxylic acids is 1. The molecule has 1 N–H and O–H groups in total. The number of carbonyl (C=O) groups is 1. The molecule has 0 heterocycles. The highest BCUT2D eigenvalue weighted by Crippen LogP contribution is 2.38. The Hall–Kier alpha value is -3.87. The first kappa shape index (κ1) is 27.7. The molecule has 1 amide bonds. The standard InChI is InChI=1S/C24H21F5N2O5S/c1-35-21-11-16(23(32)30-15-8-9-19(26)17(10-15)24(27,28)29)20(12-22(21)36-2)31(37(3,33)34)13-14-6-4-5-7-18(14)25/h4-12H,13H2,1-3H3,(H,30,32). The number of halogens is 5. The smallest absolute Gasteiger partial charge is 0.419 e. The quantitative estimate of drug-likeness (QED) is 0.393. The predicted molar refractivity (Wildman–Crippen MR) is 126 cm³/mol. The van der Waals surface area contributed by atoms with Crippen LogP contribution in [-0.2, 0) is 22.7 Å². The van der Waals surface area contributed by atoms with E-state index in [-0.39, 0.29) is 28.3 Å². The summed E-state index contributed by atoms with van der Waals surface area (Å²) in [6.07, 6.45) is -4.19. The number of anilines is 2. The maximum Gasteiger partial charge on any atom is 0.419 e. The first-order valence-corrected chi connectivity index (χ1v) is 12.3. The zero-order valence-electron chi connectivity index (χ0n) is 19.7. The number of hydrogen-bond acceptors (Lipinski definition) is 5. The Morgan fingerprint density at radius 3 is 2.14 bits per heavy atom. The number of rotatable bonds is 8. The van der Waals surface area contributed by atoms with E-state index in [4.69, 9.17) is 9.47 Å². The zero-order chi connectivity index (χ0) is 27.5. The summed E-state index contributed by atoms with van der Waals surface area (Å²) in [6, 6.07) is 9.53. The van der Waals surface area contributed by atoms with Crippen molar-refractivity contribution in [2.24, 2.45) is 0 Å². The maximum absolute atomic E-state index is 14.4. The molecular weight excluding hydrogens is 523 g/mol. The molecule has 3 aromatic rings. The number of sulfonamides is 1. The highest BCUT2D eigenvalue weighted by molar-refractivity contribution is 7.92. The van der Waals surface area contributed by atoms with E-state index in [1.807, 2.05) is 0 Å². The van der Waals surface area contributed by atoms with Gasteiger partial charge in [0, 0.05) is 17.3 Å². The van der Waals surface area contributed by atoms with Crippen molar-refractivity contribution in [2.45, 2.75) is 12.7 Å². The summed E-state index contributed by atoms with van der Waals surface area (Å²) in [7, 11) is -1.63. The van der Waals surface area contributed by atoms with Crippen molar-refractivity contribution in [1.29, 1.82) is 0 Å². The number of amides is 1. The molecule has 13 heteroatoms. The van der Waals surface area contributed by atoms with Gasteiger partial charge in [-0.05, 0) is 30.3 Å². The second-order valence-electron chi connectivity index (χ2n) is 7.73. The summed E-state index contributed by atoms with van der Waals surface area (Å²) in [4.78, 5) is 13.2. The molecule has 0 fully saturated rings. The summed E-state index contributed by atoms with van der Waals surface area (Å²) in [5, 5.41) is 2.21. The summed E-state index contributed by atoms with van der Waals surface area (Å²) < 4.78 is 104. The highest BCUT2D eigenvalue weighted by Gasteiger charge is 2.34. The van der Waals surface area contributed by atoms with Crippen LogP contribution in [-0.4, -0.2) is 34.8 Å². The summed E-state index contributed by atoms with van der Waals surface area (Å²) in [5.74, 6) is -3.25. The molecule has 0 atom stereocenters. The van der Waals surface area contributed by atoms with E-state index >= 15 is 0 Å². The lowest BCUT2D eigenvalue weighted by molar-refractivity contribution is -0.139. The minimum atomic E-state index is -5.02. The van der Waals surface area contributed by atoms with Crippen LogP contribution in [0.4, 0.5) is 33.3 Å². The summed E-state index contributed by atoms with van der Waals surface area (Å²) in [5.41, 5.74) is -2.63. The molecule has 0 aliphatic rings. The fourth-order valence-corrected chi connectivity index (χ4v) is 4.32. The molecule has 198 valence electrons. The number of methoxy groups -OCH3 is 2. The van der Waals surface area contributed by atoms with E-state index in [0.717, 1.165) is 28.8 Å². The Bertz CT molecular complexity index is 1430. The van der Waals surface area contributed by atoms with Gasteiger partial charge in [-0.25, -0.2) is 17.2 Å². The third kappa shape index (κ3) is 6.28. The molecule has 0 saturated carbocycles. The average Bonchev–Trinajstić information content (AvgIpc) is 2.82. The van der Waals surface area contributed by atoms with Gasteiger partial charge in [0.2, 0.25) is 10.0 Å². The Morgan fingerprint density at radius 2 is 1.57 bits per heavy atom. The molecule has 0 aliphatic heterocycles. The Kier molecular flexibility index (Phi) is 7.96. The van der Waals surface area contributed by atoms with Gasteiger partial charge >= 0.3 is 6.18 Å². The van der Waals surface area contributed by atoms with Crippen molar-refractivity contribution in [3.05, 3.63) is 82.9 Å². The fourth-order valence-electron chi connectivity index (χ4n) is 3.44. The second kappa shape index (κ2) is 10.6. The van der Waals surface area contributed by atoms with Gasteiger partial charge in [-0.2, -0.15) is 13.2 Å². The molecule has 0 unspecified atom stereocenters. The van der Waals surface area contributed by atoms with Crippen LogP contribution < -0.4 is 19.1 Å². The van der Waals surface area contributed by atoms with Crippen molar-refractivity contribution < 1.29 is 44.6 Å².